The predicted molar refractivity (Wildman–Crippen MR) is 74.7 cm³/mol. The van der Waals surface area contributed by atoms with Crippen molar-refractivity contribution in [1.82, 2.24) is 15.0 Å². The van der Waals surface area contributed by atoms with Crippen LogP contribution in [0.5, 0.6) is 6.01 Å². The fourth-order valence-electron chi connectivity index (χ4n) is 1.79. The molecule has 2 heterocycles. The van der Waals surface area contributed by atoms with Gasteiger partial charge in [0.15, 0.2) is 0 Å². The molecule has 1 aromatic heterocycles. The number of anilines is 2. The zero-order chi connectivity index (χ0) is 13.0. The molecule has 0 radical (unpaired) electrons. The average molecular weight is 269 g/mol. The van der Waals surface area contributed by atoms with Gasteiger partial charge in [-0.1, -0.05) is 6.92 Å². The van der Waals surface area contributed by atoms with Crippen LogP contribution in [-0.2, 0) is 0 Å². The molecule has 1 unspecified atom stereocenters. The van der Waals surface area contributed by atoms with E-state index in [1.165, 1.54) is 0 Å². The second-order valence-corrected chi connectivity index (χ2v) is 5.60. The standard InChI is InChI=1S/C11H19N5OS/c1-4-17-11-14-9(12-3)13-10(15-11)16-5-6-18-8(2)7-16/h8H,4-7H2,1-3H3,(H,12,13,14,15). The van der Waals surface area contributed by atoms with E-state index in [0.29, 0.717) is 29.8 Å². The Kier molecular flexibility index (Phi) is 4.46. The summed E-state index contributed by atoms with van der Waals surface area (Å²) in [5.74, 6) is 2.35. The summed E-state index contributed by atoms with van der Waals surface area (Å²) in [5.41, 5.74) is 0. The molecule has 1 aliphatic heterocycles. The van der Waals surface area contributed by atoms with Crippen molar-refractivity contribution in [1.29, 1.82) is 0 Å². The average Bonchev–Trinajstić information content (AvgIpc) is 2.39. The second-order valence-electron chi connectivity index (χ2n) is 4.05. The lowest BCUT2D eigenvalue weighted by Gasteiger charge is -2.30. The summed E-state index contributed by atoms with van der Waals surface area (Å²) in [6.07, 6.45) is 0. The Balaban J connectivity index is 2.22. The van der Waals surface area contributed by atoms with Gasteiger partial charge >= 0.3 is 6.01 Å². The molecule has 0 aliphatic carbocycles. The Hall–Kier alpha value is -1.24. The van der Waals surface area contributed by atoms with Gasteiger partial charge in [0.25, 0.3) is 0 Å². The van der Waals surface area contributed by atoms with Gasteiger partial charge in [0.2, 0.25) is 11.9 Å². The molecule has 100 valence electrons. The molecule has 1 fully saturated rings. The van der Waals surface area contributed by atoms with E-state index in [4.69, 9.17) is 4.74 Å². The van der Waals surface area contributed by atoms with Crippen LogP contribution in [-0.4, -0.2) is 52.7 Å². The number of hydrogen-bond donors (Lipinski definition) is 1. The molecule has 1 atom stereocenters. The van der Waals surface area contributed by atoms with Crippen molar-refractivity contribution in [3.05, 3.63) is 0 Å². The van der Waals surface area contributed by atoms with Crippen molar-refractivity contribution < 1.29 is 4.74 Å². The highest BCUT2D eigenvalue weighted by Gasteiger charge is 2.20. The molecule has 0 bridgehead atoms. The monoisotopic (exact) mass is 269 g/mol. The molecular formula is C11H19N5OS. The van der Waals surface area contributed by atoms with Crippen molar-refractivity contribution in [3.63, 3.8) is 0 Å². The van der Waals surface area contributed by atoms with Crippen LogP contribution in [0.15, 0.2) is 0 Å². The maximum atomic E-state index is 5.37. The van der Waals surface area contributed by atoms with Crippen molar-refractivity contribution in [2.75, 3.05) is 42.7 Å². The maximum absolute atomic E-state index is 5.37. The van der Waals surface area contributed by atoms with Crippen LogP contribution >= 0.6 is 11.8 Å². The van der Waals surface area contributed by atoms with Crippen LogP contribution in [0.2, 0.25) is 0 Å². The Morgan fingerprint density at radius 2 is 2.28 bits per heavy atom. The van der Waals surface area contributed by atoms with E-state index < -0.39 is 0 Å². The first-order valence-corrected chi connectivity index (χ1v) is 7.21. The highest BCUT2D eigenvalue weighted by Crippen LogP contribution is 2.22. The molecule has 0 saturated carbocycles. The summed E-state index contributed by atoms with van der Waals surface area (Å²) in [5, 5.41) is 3.54. The van der Waals surface area contributed by atoms with Gasteiger partial charge in [-0.15, -0.1) is 0 Å². The van der Waals surface area contributed by atoms with Crippen LogP contribution in [0.25, 0.3) is 0 Å². The van der Waals surface area contributed by atoms with Crippen molar-refractivity contribution in [3.8, 4) is 6.01 Å². The van der Waals surface area contributed by atoms with Gasteiger partial charge in [-0.25, -0.2) is 0 Å². The zero-order valence-electron chi connectivity index (χ0n) is 11.0. The van der Waals surface area contributed by atoms with Crippen molar-refractivity contribution >= 4 is 23.7 Å². The van der Waals surface area contributed by atoms with Crippen LogP contribution in [0.3, 0.4) is 0 Å². The first kappa shape index (κ1) is 13.2. The molecule has 2 rings (SSSR count). The number of aromatic nitrogens is 3. The minimum atomic E-state index is 0.387. The summed E-state index contributed by atoms with van der Waals surface area (Å²) in [6, 6.07) is 0.387. The summed E-state index contributed by atoms with van der Waals surface area (Å²) < 4.78 is 5.37. The molecule has 0 amide bonds. The molecule has 18 heavy (non-hydrogen) atoms. The summed E-state index contributed by atoms with van der Waals surface area (Å²) in [6.45, 7) is 6.62. The summed E-state index contributed by atoms with van der Waals surface area (Å²) in [4.78, 5) is 15.1. The van der Waals surface area contributed by atoms with Gasteiger partial charge < -0.3 is 15.0 Å². The van der Waals surface area contributed by atoms with Crippen LogP contribution in [0, 0.1) is 0 Å². The third kappa shape index (κ3) is 3.16. The highest BCUT2D eigenvalue weighted by atomic mass is 32.2. The molecule has 0 spiro atoms. The fourth-order valence-corrected chi connectivity index (χ4v) is 2.81. The number of nitrogens with zero attached hydrogens (tertiary/aromatic N) is 4. The molecular weight excluding hydrogens is 250 g/mol. The predicted octanol–water partition coefficient (Wildman–Crippen LogP) is 1.25. The van der Waals surface area contributed by atoms with Crippen LogP contribution in [0.1, 0.15) is 13.8 Å². The summed E-state index contributed by atoms with van der Waals surface area (Å²) in [7, 11) is 1.80. The van der Waals surface area contributed by atoms with E-state index in [-0.39, 0.29) is 0 Å². The molecule has 1 aliphatic rings. The Morgan fingerprint density at radius 3 is 2.94 bits per heavy atom. The van der Waals surface area contributed by atoms with Gasteiger partial charge in [-0.2, -0.15) is 26.7 Å². The summed E-state index contributed by atoms with van der Waals surface area (Å²) >= 11 is 1.98. The molecule has 6 nitrogen and oxygen atoms in total. The minimum absolute atomic E-state index is 0.387. The minimum Gasteiger partial charge on any atom is -0.464 e. The molecule has 7 heteroatoms. The van der Waals surface area contributed by atoms with E-state index in [2.05, 4.69) is 32.1 Å². The highest BCUT2D eigenvalue weighted by molar-refractivity contribution is 8.00. The third-order valence-electron chi connectivity index (χ3n) is 2.62. The lowest BCUT2D eigenvalue weighted by atomic mass is 10.4. The SMILES string of the molecule is CCOc1nc(NC)nc(N2CCSC(C)C2)n1. The number of rotatable bonds is 4. The number of thioether (sulfide) groups is 1. The molecule has 1 N–H and O–H groups in total. The number of ether oxygens (including phenoxy) is 1. The van der Waals surface area contributed by atoms with E-state index >= 15 is 0 Å². The van der Waals surface area contributed by atoms with Crippen LogP contribution < -0.4 is 15.0 Å². The second kappa shape index (κ2) is 6.08. The Bertz CT molecular complexity index is 403. The fraction of sp³-hybridized carbons (Fsp3) is 0.727. The van der Waals surface area contributed by atoms with Gasteiger partial charge in [-0.3, -0.25) is 0 Å². The quantitative estimate of drug-likeness (QED) is 0.882. The Morgan fingerprint density at radius 1 is 1.44 bits per heavy atom. The normalized spacial score (nSPS) is 19.7. The molecule has 0 aromatic carbocycles. The van der Waals surface area contributed by atoms with Crippen molar-refractivity contribution in [2.24, 2.45) is 0 Å². The van der Waals surface area contributed by atoms with Crippen LogP contribution in [0.4, 0.5) is 11.9 Å². The molecule has 1 saturated heterocycles. The van der Waals surface area contributed by atoms with Crippen molar-refractivity contribution in [2.45, 2.75) is 19.1 Å². The lowest BCUT2D eigenvalue weighted by Crippen LogP contribution is -2.38. The van der Waals surface area contributed by atoms with E-state index in [0.717, 1.165) is 18.8 Å². The number of hydrogen-bond acceptors (Lipinski definition) is 7. The van der Waals surface area contributed by atoms with Gasteiger partial charge in [0.1, 0.15) is 0 Å². The maximum Gasteiger partial charge on any atom is 0.323 e. The van der Waals surface area contributed by atoms with E-state index in [1.807, 2.05) is 18.7 Å². The largest absolute Gasteiger partial charge is 0.464 e. The number of nitrogens with one attached hydrogen (secondary N) is 1. The first-order valence-electron chi connectivity index (χ1n) is 6.16. The van der Waals surface area contributed by atoms with Gasteiger partial charge in [0, 0.05) is 31.1 Å². The van der Waals surface area contributed by atoms with Gasteiger partial charge in [-0.05, 0) is 6.92 Å². The Labute approximate surface area is 112 Å². The first-order chi connectivity index (χ1) is 8.72. The molecule has 1 aromatic rings. The van der Waals surface area contributed by atoms with Gasteiger partial charge in [0.05, 0.1) is 6.61 Å². The topological polar surface area (TPSA) is 63.2 Å². The van der Waals surface area contributed by atoms with E-state index in [1.54, 1.807) is 7.05 Å². The lowest BCUT2D eigenvalue weighted by molar-refractivity contribution is 0.312. The smallest absolute Gasteiger partial charge is 0.323 e. The van der Waals surface area contributed by atoms with E-state index in [9.17, 15) is 0 Å². The third-order valence-corrected chi connectivity index (χ3v) is 3.76. The zero-order valence-corrected chi connectivity index (χ0v) is 11.8.